The molecule has 15 heavy (non-hydrogen) atoms. The summed E-state index contributed by atoms with van der Waals surface area (Å²) in [6, 6.07) is 0.573. The highest BCUT2D eigenvalue weighted by molar-refractivity contribution is 9.10. The predicted molar refractivity (Wildman–Crippen MR) is 49.9 cm³/mol. The van der Waals surface area contributed by atoms with Crippen LogP contribution in [-0.2, 0) is 9.05 Å². The van der Waals surface area contributed by atoms with E-state index in [0.29, 0.717) is 6.07 Å². The van der Waals surface area contributed by atoms with E-state index >= 15 is 0 Å². The van der Waals surface area contributed by atoms with Crippen LogP contribution in [0.3, 0.4) is 0 Å². The molecule has 0 aromatic carbocycles. The average Bonchev–Trinajstić information content (AvgIpc) is 2.00. The van der Waals surface area contributed by atoms with Gasteiger partial charge in [-0.2, -0.15) is 0 Å². The molecule has 3 nitrogen and oxygen atoms in total. The maximum absolute atomic E-state index is 13.0. The molecular weight excluding hydrogens is 322 g/mol. The highest BCUT2D eigenvalue weighted by Gasteiger charge is 2.24. The minimum atomic E-state index is -4.47. The van der Waals surface area contributed by atoms with Crippen molar-refractivity contribution < 1.29 is 21.6 Å². The van der Waals surface area contributed by atoms with Crippen LogP contribution < -0.4 is 0 Å². The van der Waals surface area contributed by atoms with E-state index in [2.05, 4.69) is 20.9 Å². The summed E-state index contributed by atoms with van der Waals surface area (Å²) in [5.41, 5.74) is -0.879. The van der Waals surface area contributed by atoms with Gasteiger partial charge in [-0.25, -0.2) is 26.6 Å². The van der Waals surface area contributed by atoms with Crippen LogP contribution in [0.25, 0.3) is 0 Å². The molecule has 0 aliphatic heterocycles. The van der Waals surface area contributed by atoms with E-state index in [1.54, 1.807) is 0 Å². The van der Waals surface area contributed by atoms with E-state index in [4.69, 9.17) is 10.7 Å². The number of hydrogen-bond acceptors (Lipinski definition) is 3. The molecular formula is C6H2BrClF3NO2S. The number of rotatable bonds is 2. The molecule has 0 atom stereocenters. The molecule has 0 aliphatic carbocycles. The minimum absolute atomic E-state index is 0.320. The van der Waals surface area contributed by atoms with Gasteiger partial charge in [-0.1, -0.05) is 0 Å². The van der Waals surface area contributed by atoms with E-state index in [9.17, 15) is 21.6 Å². The Hall–Kier alpha value is -0.340. The van der Waals surface area contributed by atoms with E-state index in [-0.39, 0.29) is 4.47 Å². The predicted octanol–water partition coefficient (Wildman–Crippen LogP) is 2.85. The Morgan fingerprint density at radius 2 is 2.00 bits per heavy atom. The zero-order valence-electron chi connectivity index (χ0n) is 6.72. The first-order valence-electron chi connectivity index (χ1n) is 3.32. The van der Waals surface area contributed by atoms with Gasteiger partial charge in [0.2, 0.25) is 5.03 Å². The normalized spacial score (nSPS) is 12.1. The standard InChI is InChI=1S/C6H2BrClF3NO2S/c7-2-1-3(9)6(15(8,13)14)12-4(2)5(10)11/h1,5H. The van der Waals surface area contributed by atoms with Crippen LogP contribution in [0.2, 0.25) is 0 Å². The fraction of sp³-hybridized carbons (Fsp3) is 0.167. The molecule has 1 aromatic rings. The van der Waals surface area contributed by atoms with Gasteiger partial charge in [0.25, 0.3) is 15.5 Å². The van der Waals surface area contributed by atoms with Gasteiger partial charge in [0.05, 0.1) is 0 Å². The number of hydrogen-bond donors (Lipinski definition) is 0. The molecule has 0 N–H and O–H groups in total. The van der Waals surface area contributed by atoms with Crippen LogP contribution in [0.1, 0.15) is 12.1 Å². The Labute approximate surface area is 95.8 Å². The summed E-state index contributed by atoms with van der Waals surface area (Å²) in [5.74, 6) is -1.29. The molecule has 0 radical (unpaired) electrons. The molecule has 1 aromatic heterocycles. The van der Waals surface area contributed by atoms with Gasteiger partial charge in [-0.05, 0) is 22.0 Å². The lowest BCUT2D eigenvalue weighted by Crippen LogP contribution is -2.04. The van der Waals surface area contributed by atoms with Gasteiger partial charge in [-0.3, -0.25) is 0 Å². The Morgan fingerprint density at radius 1 is 1.47 bits per heavy atom. The zero-order chi connectivity index (χ0) is 11.8. The summed E-state index contributed by atoms with van der Waals surface area (Å²) >= 11 is 2.63. The van der Waals surface area contributed by atoms with Crippen molar-refractivity contribution in [1.82, 2.24) is 4.98 Å². The van der Waals surface area contributed by atoms with Crippen molar-refractivity contribution in [3.8, 4) is 0 Å². The molecule has 0 bridgehead atoms. The van der Waals surface area contributed by atoms with Crippen molar-refractivity contribution in [1.29, 1.82) is 0 Å². The van der Waals surface area contributed by atoms with Gasteiger partial charge < -0.3 is 0 Å². The van der Waals surface area contributed by atoms with E-state index in [1.807, 2.05) is 0 Å². The molecule has 1 heterocycles. The second kappa shape index (κ2) is 4.26. The van der Waals surface area contributed by atoms with E-state index < -0.39 is 32.0 Å². The van der Waals surface area contributed by atoms with Crippen molar-refractivity contribution >= 4 is 35.7 Å². The van der Waals surface area contributed by atoms with Gasteiger partial charge in [0.15, 0.2) is 5.82 Å². The van der Waals surface area contributed by atoms with Crippen molar-refractivity contribution in [2.45, 2.75) is 11.5 Å². The Bertz CT molecular complexity index is 493. The smallest absolute Gasteiger partial charge is 0.230 e. The third kappa shape index (κ3) is 2.82. The molecule has 0 aliphatic rings. The Balaban J connectivity index is 3.50. The van der Waals surface area contributed by atoms with Crippen molar-refractivity contribution in [3.63, 3.8) is 0 Å². The lowest BCUT2D eigenvalue weighted by molar-refractivity contribution is 0.144. The number of alkyl halides is 2. The number of halogens is 5. The van der Waals surface area contributed by atoms with Crippen molar-refractivity contribution in [2.24, 2.45) is 0 Å². The molecule has 0 spiro atoms. The molecule has 0 saturated heterocycles. The quantitative estimate of drug-likeness (QED) is 0.786. The number of pyridine rings is 1. The van der Waals surface area contributed by atoms with Crippen LogP contribution in [0.15, 0.2) is 15.6 Å². The zero-order valence-corrected chi connectivity index (χ0v) is 9.87. The molecule has 0 fully saturated rings. The first kappa shape index (κ1) is 12.7. The summed E-state index contributed by atoms with van der Waals surface area (Å²) in [7, 11) is 0.328. The van der Waals surface area contributed by atoms with Gasteiger partial charge in [0, 0.05) is 15.2 Å². The maximum Gasteiger partial charge on any atom is 0.281 e. The molecule has 84 valence electrons. The largest absolute Gasteiger partial charge is 0.281 e. The van der Waals surface area contributed by atoms with Gasteiger partial charge >= 0.3 is 0 Å². The lowest BCUT2D eigenvalue weighted by atomic mass is 10.3. The van der Waals surface area contributed by atoms with E-state index in [0.717, 1.165) is 0 Å². The maximum atomic E-state index is 13.0. The molecule has 0 amide bonds. The topological polar surface area (TPSA) is 47.0 Å². The highest BCUT2D eigenvalue weighted by atomic mass is 79.9. The fourth-order valence-corrected chi connectivity index (χ4v) is 2.07. The van der Waals surface area contributed by atoms with Crippen LogP contribution in [0.4, 0.5) is 13.2 Å². The van der Waals surface area contributed by atoms with Gasteiger partial charge in [0.1, 0.15) is 5.69 Å². The molecule has 0 unspecified atom stereocenters. The first-order chi connectivity index (χ1) is 6.73. The Morgan fingerprint density at radius 3 is 2.40 bits per heavy atom. The average molecular weight is 325 g/mol. The van der Waals surface area contributed by atoms with Crippen LogP contribution in [0.5, 0.6) is 0 Å². The number of aromatic nitrogens is 1. The summed E-state index contributed by atoms with van der Waals surface area (Å²) in [6.45, 7) is 0. The second-order valence-electron chi connectivity index (χ2n) is 2.38. The molecule has 1 rings (SSSR count). The SMILES string of the molecule is O=S(=O)(Cl)c1nc(C(F)F)c(Br)cc1F. The summed E-state index contributed by atoms with van der Waals surface area (Å²) in [6.07, 6.45) is -3.03. The summed E-state index contributed by atoms with van der Waals surface area (Å²) in [4.78, 5) is 2.95. The fourth-order valence-electron chi connectivity index (χ4n) is 0.787. The highest BCUT2D eigenvalue weighted by Crippen LogP contribution is 2.29. The molecule has 9 heteroatoms. The van der Waals surface area contributed by atoms with Crippen LogP contribution in [0, 0.1) is 5.82 Å². The summed E-state index contributed by atoms with van der Waals surface area (Å²) in [5, 5.41) is -1.21. The van der Waals surface area contributed by atoms with E-state index in [1.165, 1.54) is 0 Å². The van der Waals surface area contributed by atoms with Crippen LogP contribution >= 0.6 is 26.6 Å². The van der Waals surface area contributed by atoms with Crippen molar-refractivity contribution in [2.75, 3.05) is 0 Å². The van der Waals surface area contributed by atoms with Crippen molar-refractivity contribution in [3.05, 3.63) is 22.1 Å². The Kier molecular flexibility index (Phi) is 3.62. The second-order valence-corrected chi connectivity index (χ2v) is 5.72. The lowest BCUT2D eigenvalue weighted by Gasteiger charge is -2.04. The minimum Gasteiger partial charge on any atom is -0.230 e. The van der Waals surface area contributed by atoms with Gasteiger partial charge in [-0.15, -0.1) is 0 Å². The molecule has 0 saturated carbocycles. The third-order valence-electron chi connectivity index (χ3n) is 1.36. The monoisotopic (exact) mass is 323 g/mol. The first-order valence-corrected chi connectivity index (χ1v) is 6.42. The summed E-state index contributed by atoms with van der Waals surface area (Å²) < 4.78 is 58.7. The number of nitrogens with zero attached hydrogens (tertiary/aromatic N) is 1. The van der Waals surface area contributed by atoms with Crippen LogP contribution in [-0.4, -0.2) is 13.4 Å². The third-order valence-corrected chi connectivity index (χ3v) is 3.18.